The summed E-state index contributed by atoms with van der Waals surface area (Å²) in [4.78, 5) is 11.5. The highest BCUT2D eigenvalue weighted by Gasteiger charge is 2.24. The molecule has 1 aliphatic carbocycles. The van der Waals surface area contributed by atoms with Crippen molar-refractivity contribution < 1.29 is 14.3 Å². The van der Waals surface area contributed by atoms with E-state index in [0.717, 1.165) is 35.5 Å². The Morgan fingerprint density at radius 3 is 3.05 bits per heavy atom. The summed E-state index contributed by atoms with van der Waals surface area (Å²) in [6.45, 7) is 0. The van der Waals surface area contributed by atoms with E-state index in [2.05, 4.69) is 6.08 Å². The van der Waals surface area contributed by atoms with Gasteiger partial charge in [-0.25, -0.2) is 0 Å². The maximum atomic E-state index is 11.5. The van der Waals surface area contributed by atoms with E-state index in [0.29, 0.717) is 6.42 Å². The zero-order valence-corrected chi connectivity index (χ0v) is 10.9. The number of carbonyl (C=O) groups is 1. The lowest BCUT2D eigenvalue weighted by Gasteiger charge is -2.26. The molecule has 0 bridgehead atoms. The van der Waals surface area contributed by atoms with Gasteiger partial charge < -0.3 is 9.47 Å². The third kappa shape index (κ3) is 2.41. The highest BCUT2D eigenvalue weighted by atomic mass is 16.5. The Hall–Kier alpha value is -2.03. The summed E-state index contributed by atoms with van der Waals surface area (Å²) in [6, 6.07) is 5.88. The van der Waals surface area contributed by atoms with Gasteiger partial charge in [-0.15, -0.1) is 0 Å². The van der Waals surface area contributed by atoms with Crippen LogP contribution in [0, 0.1) is 0 Å². The van der Waals surface area contributed by atoms with Crippen molar-refractivity contribution in [3.63, 3.8) is 0 Å². The summed E-state index contributed by atoms with van der Waals surface area (Å²) in [5, 5.41) is 0. The predicted molar refractivity (Wildman–Crippen MR) is 72.6 cm³/mol. The van der Waals surface area contributed by atoms with Gasteiger partial charge in [0.1, 0.15) is 17.6 Å². The molecule has 1 aliphatic heterocycles. The van der Waals surface area contributed by atoms with Crippen LogP contribution in [0.15, 0.2) is 42.0 Å². The van der Waals surface area contributed by atoms with E-state index in [1.165, 1.54) is 0 Å². The Morgan fingerprint density at radius 2 is 2.21 bits per heavy atom. The van der Waals surface area contributed by atoms with Crippen LogP contribution in [0.4, 0.5) is 0 Å². The topological polar surface area (TPSA) is 35.5 Å². The third-order valence-electron chi connectivity index (χ3n) is 3.56. The fourth-order valence-corrected chi connectivity index (χ4v) is 2.50. The smallest absolute Gasteiger partial charge is 0.159 e. The minimum Gasteiger partial charge on any atom is -0.497 e. The molecule has 3 heteroatoms. The predicted octanol–water partition coefficient (Wildman–Crippen LogP) is 2.84. The number of methoxy groups -OCH3 is 1. The van der Waals surface area contributed by atoms with Crippen molar-refractivity contribution in [1.29, 1.82) is 0 Å². The van der Waals surface area contributed by atoms with Crippen LogP contribution < -0.4 is 9.47 Å². The Morgan fingerprint density at radius 1 is 1.32 bits per heavy atom. The first-order valence-corrected chi connectivity index (χ1v) is 6.51. The summed E-state index contributed by atoms with van der Waals surface area (Å²) in [7, 11) is 1.64. The largest absolute Gasteiger partial charge is 0.497 e. The second kappa shape index (κ2) is 4.92. The van der Waals surface area contributed by atoms with E-state index in [-0.39, 0.29) is 11.9 Å². The van der Waals surface area contributed by atoms with Gasteiger partial charge in [0.15, 0.2) is 5.78 Å². The molecule has 3 nitrogen and oxygen atoms in total. The standard InChI is InChI=1S/C16H16O3/c1-18-14-8-6-12-4-2-3-11-5-7-13(17)9-15(11)19-16(12)10-14/h3,5-8,10,15H,2,4,9H2,1H3. The van der Waals surface area contributed by atoms with Gasteiger partial charge in [0.25, 0.3) is 0 Å². The van der Waals surface area contributed by atoms with Crippen LogP contribution >= 0.6 is 0 Å². The lowest BCUT2D eigenvalue weighted by Crippen LogP contribution is -2.26. The maximum Gasteiger partial charge on any atom is 0.159 e. The number of hydrogen-bond donors (Lipinski definition) is 0. The molecule has 1 unspecified atom stereocenters. The summed E-state index contributed by atoms with van der Waals surface area (Å²) in [5.74, 6) is 1.73. The Balaban J connectivity index is 1.96. The summed E-state index contributed by atoms with van der Waals surface area (Å²) < 4.78 is 11.3. The first kappa shape index (κ1) is 12.0. The Kier molecular flexibility index (Phi) is 3.11. The monoisotopic (exact) mass is 256 g/mol. The van der Waals surface area contributed by atoms with Crippen LogP contribution in [0.3, 0.4) is 0 Å². The van der Waals surface area contributed by atoms with Crippen molar-refractivity contribution in [2.75, 3.05) is 7.11 Å². The van der Waals surface area contributed by atoms with Crippen molar-refractivity contribution in [2.24, 2.45) is 0 Å². The molecular weight excluding hydrogens is 240 g/mol. The van der Waals surface area contributed by atoms with Gasteiger partial charge in [0.2, 0.25) is 0 Å². The van der Waals surface area contributed by atoms with E-state index in [1.807, 2.05) is 24.3 Å². The van der Waals surface area contributed by atoms with E-state index in [1.54, 1.807) is 13.2 Å². The minimum absolute atomic E-state index is 0.118. The van der Waals surface area contributed by atoms with Gasteiger partial charge in [0, 0.05) is 6.07 Å². The molecule has 0 saturated carbocycles. The molecule has 0 fully saturated rings. The number of carbonyl (C=O) groups excluding carboxylic acids is 1. The Bertz CT molecular complexity index is 569. The minimum atomic E-state index is -0.163. The second-order valence-corrected chi connectivity index (χ2v) is 4.83. The summed E-state index contributed by atoms with van der Waals surface area (Å²) >= 11 is 0. The highest BCUT2D eigenvalue weighted by Crippen LogP contribution is 2.32. The van der Waals surface area contributed by atoms with Crippen LogP contribution in [-0.4, -0.2) is 19.0 Å². The van der Waals surface area contributed by atoms with Gasteiger partial charge >= 0.3 is 0 Å². The molecule has 3 rings (SSSR count). The van der Waals surface area contributed by atoms with Crippen molar-refractivity contribution in [1.82, 2.24) is 0 Å². The molecular formula is C16H16O3. The average molecular weight is 256 g/mol. The molecule has 0 amide bonds. The lowest BCUT2D eigenvalue weighted by molar-refractivity contribution is -0.116. The molecule has 0 aromatic heterocycles. The van der Waals surface area contributed by atoms with Crippen LogP contribution in [0.25, 0.3) is 0 Å². The van der Waals surface area contributed by atoms with Gasteiger partial charge in [-0.3, -0.25) is 4.79 Å². The van der Waals surface area contributed by atoms with Gasteiger partial charge in [-0.1, -0.05) is 18.2 Å². The van der Waals surface area contributed by atoms with Gasteiger partial charge in [-0.2, -0.15) is 0 Å². The number of hydrogen-bond acceptors (Lipinski definition) is 3. The van der Waals surface area contributed by atoms with Gasteiger partial charge in [0.05, 0.1) is 13.5 Å². The maximum absolute atomic E-state index is 11.5. The fraction of sp³-hybridized carbons (Fsp3) is 0.312. The number of ketones is 1. The molecule has 1 heterocycles. The van der Waals surface area contributed by atoms with Crippen LogP contribution in [-0.2, 0) is 11.2 Å². The zero-order valence-electron chi connectivity index (χ0n) is 10.9. The number of rotatable bonds is 1. The number of benzene rings is 1. The number of allylic oxidation sites excluding steroid dienone is 2. The molecule has 1 aromatic carbocycles. The van der Waals surface area contributed by atoms with E-state index in [9.17, 15) is 4.79 Å². The molecule has 1 aromatic rings. The van der Waals surface area contributed by atoms with Crippen molar-refractivity contribution >= 4 is 5.78 Å². The van der Waals surface area contributed by atoms with Crippen LogP contribution in [0.1, 0.15) is 18.4 Å². The lowest BCUT2D eigenvalue weighted by atomic mass is 9.94. The molecule has 2 aliphatic rings. The SMILES string of the molecule is COc1ccc2c(c1)OC1CC(=O)C=CC1=CCC2. The van der Waals surface area contributed by atoms with E-state index in [4.69, 9.17) is 9.47 Å². The normalized spacial score (nSPS) is 21.4. The second-order valence-electron chi connectivity index (χ2n) is 4.83. The summed E-state index contributed by atoms with van der Waals surface area (Å²) in [5.41, 5.74) is 2.27. The molecule has 1 atom stereocenters. The number of ether oxygens (including phenoxy) is 2. The molecule has 19 heavy (non-hydrogen) atoms. The van der Waals surface area contributed by atoms with E-state index < -0.39 is 0 Å². The van der Waals surface area contributed by atoms with Crippen molar-refractivity contribution in [2.45, 2.75) is 25.4 Å². The quantitative estimate of drug-likeness (QED) is 0.775. The summed E-state index contributed by atoms with van der Waals surface area (Å²) in [6.07, 6.45) is 7.84. The first-order chi connectivity index (χ1) is 9.26. The number of fused-ring (bicyclic) bond motifs is 2. The van der Waals surface area contributed by atoms with E-state index >= 15 is 0 Å². The molecule has 0 N–H and O–H groups in total. The molecule has 98 valence electrons. The molecule has 0 saturated heterocycles. The van der Waals surface area contributed by atoms with Crippen LogP contribution in [0.2, 0.25) is 0 Å². The third-order valence-corrected chi connectivity index (χ3v) is 3.56. The molecule has 0 radical (unpaired) electrons. The first-order valence-electron chi connectivity index (χ1n) is 6.51. The highest BCUT2D eigenvalue weighted by molar-refractivity contribution is 5.92. The van der Waals surface area contributed by atoms with Gasteiger partial charge in [-0.05, 0) is 36.1 Å². The van der Waals surface area contributed by atoms with Crippen molar-refractivity contribution in [3.8, 4) is 11.5 Å². The van der Waals surface area contributed by atoms with Crippen LogP contribution in [0.5, 0.6) is 11.5 Å². The number of aryl methyl sites for hydroxylation is 1. The van der Waals surface area contributed by atoms with Crippen molar-refractivity contribution in [3.05, 3.63) is 47.6 Å². The zero-order chi connectivity index (χ0) is 13.2. The fourth-order valence-electron chi connectivity index (χ4n) is 2.50. The average Bonchev–Trinajstić information content (AvgIpc) is 2.40. The Labute approximate surface area is 112 Å². The molecule has 0 spiro atoms.